The Balaban J connectivity index is 1.71. The summed E-state index contributed by atoms with van der Waals surface area (Å²) in [5.74, 6) is 1.01. The Morgan fingerprint density at radius 1 is 0.889 bits per heavy atom. The molecule has 3 aromatic carbocycles. The molecule has 0 unspecified atom stereocenters. The molecule has 5 nitrogen and oxygen atoms in total. The van der Waals surface area contributed by atoms with Crippen molar-refractivity contribution in [3.05, 3.63) is 82.8 Å². The monoisotopic (exact) mass is 448 g/mol. The number of ether oxygens (including phenoxy) is 2. The van der Waals surface area contributed by atoms with Gasteiger partial charge >= 0.3 is 10.1 Å². The zero-order valence-electron chi connectivity index (χ0n) is 14.5. The molecule has 0 radical (unpaired) electrons. The highest BCUT2D eigenvalue weighted by Gasteiger charge is 2.22. The maximum absolute atomic E-state index is 12.6. The molecule has 7 heteroatoms. The first-order valence-electron chi connectivity index (χ1n) is 8.03. The molecule has 0 atom stereocenters. The lowest BCUT2D eigenvalue weighted by molar-refractivity contribution is 0.306. The summed E-state index contributed by atoms with van der Waals surface area (Å²) in [4.78, 5) is -0.0521. The average molecular weight is 449 g/mol. The fourth-order valence-electron chi connectivity index (χ4n) is 2.35. The number of methoxy groups -OCH3 is 1. The Morgan fingerprint density at radius 3 is 2.22 bits per heavy atom. The summed E-state index contributed by atoms with van der Waals surface area (Å²) >= 11 is 3.26. The van der Waals surface area contributed by atoms with Crippen molar-refractivity contribution in [1.29, 1.82) is 0 Å². The van der Waals surface area contributed by atoms with Crippen LogP contribution in [0.1, 0.15) is 5.56 Å². The second kappa shape index (κ2) is 8.45. The van der Waals surface area contributed by atoms with E-state index in [1.165, 1.54) is 13.2 Å². The van der Waals surface area contributed by atoms with Crippen molar-refractivity contribution >= 4 is 26.0 Å². The van der Waals surface area contributed by atoms with Gasteiger partial charge in [-0.2, -0.15) is 8.42 Å². The lowest BCUT2D eigenvalue weighted by Crippen LogP contribution is -2.11. The standard InChI is InChI=1S/C20H17BrO5S/c1-24-19-12-7-16(21)13-20(19)27(22,23)26-18-10-8-17(9-11-18)25-14-15-5-3-2-4-6-15/h2-13H,14H2,1H3. The SMILES string of the molecule is COc1ccc(Br)cc1S(=O)(=O)Oc1ccc(OCc2ccccc2)cc1. The molecule has 0 heterocycles. The average Bonchev–Trinajstić information content (AvgIpc) is 2.68. The smallest absolute Gasteiger partial charge is 0.342 e. The van der Waals surface area contributed by atoms with E-state index in [0.29, 0.717) is 16.8 Å². The van der Waals surface area contributed by atoms with Crippen LogP contribution in [0, 0.1) is 0 Å². The maximum Gasteiger partial charge on any atom is 0.342 e. The van der Waals surface area contributed by atoms with Crippen molar-refractivity contribution in [2.75, 3.05) is 7.11 Å². The van der Waals surface area contributed by atoms with Crippen LogP contribution in [0.3, 0.4) is 0 Å². The Hall–Kier alpha value is -2.51. The van der Waals surface area contributed by atoms with Gasteiger partial charge in [-0.15, -0.1) is 0 Å². The fourth-order valence-corrected chi connectivity index (χ4v) is 3.99. The molecule has 0 aliphatic heterocycles. The molecule has 3 aromatic rings. The molecule has 0 saturated heterocycles. The van der Waals surface area contributed by atoms with Gasteiger partial charge in [-0.25, -0.2) is 0 Å². The highest BCUT2D eigenvalue weighted by atomic mass is 79.9. The van der Waals surface area contributed by atoms with Gasteiger partial charge in [-0.05, 0) is 48.0 Å². The summed E-state index contributed by atoms with van der Waals surface area (Å²) in [6.07, 6.45) is 0. The van der Waals surface area contributed by atoms with Crippen LogP contribution in [-0.2, 0) is 16.7 Å². The molecule has 0 aliphatic rings. The number of halogens is 1. The molecule has 3 rings (SSSR count). The highest BCUT2D eigenvalue weighted by Crippen LogP contribution is 2.30. The Bertz CT molecular complexity index is 1000. The summed E-state index contributed by atoms with van der Waals surface area (Å²) in [5, 5.41) is 0. The largest absolute Gasteiger partial charge is 0.495 e. The van der Waals surface area contributed by atoms with E-state index in [-0.39, 0.29) is 16.4 Å². The zero-order chi connectivity index (χ0) is 19.3. The van der Waals surface area contributed by atoms with Crippen LogP contribution in [0.25, 0.3) is 0 Å². The summed E-state index contributed by atoms with van der Waals surface area (Å²) in [7, 11) is -2.64. The molecule has 0 aliphatic carbocycles. The lowest BCUT2D eigenvalue weighted by Gasteiger charge is -2.12. The molecule has 0 spiro atoms. The Morgan fingerprint density at radius 2 is 1.56 bits per heavy atom. The van der Waals surface area contributed by atoms with Crippen molar-refractivity contribution in [2.45, 2.75) is 11.5 Å². The van der Waals surface area contributed by atoms with Crippen LogP contribution >= 0.6 is 15.9 Å². The summed E-state index contributed by atoms with van der Waals surface area (Å²) in [6, 6.07) is 20.8. The predicted octanol–water partition coefficient (Wildman–Crippen LogP) is 4.80. The van der Waals surface area contributed by atoms with Gasteiger partial charge in [0.15, 0.2) is 0 Å². The summed E-state index contributed by atoms with van der Waals surface area (Å²) in [6.45, 7) is 0.425. The quantitative estimate of drug-likeness (QED) is 0.485. The van der Waals surface area contributed by atoms with Gasteiger partial charge in [0.25, 0.3) is 0 Å². The third-order valence-corrected chi connectivity index (χ3v) is 5.44. The molecule has 0 bridgehead atoms. The Labute approximate surface area is 166 Å². The van der Waals surface area contributed by atoms with Crippen LogP contribution in [-0.4, -0.2) is 15.5 Å². The van der Waals surface area contributed by atoms with E-state index < -0.39 is 10.1 Å². The molecule has 0 amide bonds. The van der Waals surface area contributed by atoms with E-state index in [2.05, 4.69) is 15.9 Å². The first-order chi connectivity index (χ1) is 13.0. The van der Waals surface area contributed by atoms with Gasteiger partial charge in [0.05, 0.1) is 7.11 Å². The molecule has 27 heavy (non-hydrogen) atoms. The number of rotatable bonds is 7. The Kier molecular flexibility index (Phi) is 6.03. The summed E-state index contributed by atoms with van der Waals surface area (Å²) < 4.78 is 41.8. The number of benzene rings is 3. The van der Waals surface area contributed by atoms with E-state index in [1.54, 1.807) is 36.4 Å². The summed E-state index contributed by atoms with van der Waals surface area (Å²) in [5.41, 5.74) is 1.04. The third kappa shape index (κ3) is 5.02. The van der Waals surface area contributed by atoms with Crippen LogP contribution in [0.5, 0.6) is 17.2 Å². The van der Waals surface area contributed by atoms with Gasteiger partial charge in [0.2, 0.25) is 0 Å². The van der Waals surface area contributed by atoms with Crippen LogP contribution in [0.2, 0.25) is 0 Å². The van der Waals surface area contributed by atoms with Gasteiger partial charge in [-0.3, -0.25) is 0 Å². The molecule has 0 aromatic heterocycles. The first-order valence-corrected chi connectivity index (χ1v) is 10.2. The van der Waals surface area contributed by atoms with Gasteiger partial charge in [0.1, 0.15) is 28.8 Å². The molecular weight excluding hydrogens is 432 g/mol. The molecule has 140 valence electrons. The van der Waals surface area contributed by atoms with Gasteiger partial charge in [0, 0.05) is 4.47 Å². The number of hydrogen-bond donors (Lipinski definition) is 0. The second-order valence-electron chi connectivity index (χ2n) is 5.58. The van der Waals surface area contributed by atoms with E-state index in [4.69, 9.17) is 13.7 Å². The lowest BCUT2D eigenvalue weighted by atomic mass is 10.2. The van der Waals surface area contributed by atoms with Crippen molar-refractivity contribution in [1.82, 2.24) is 0 Å². The van der Waals surface area contributed by atoms with Gasteiger partial charge < -0.3 is 13.7 Å². The van der Waals surface area contributed by atoms with Crippen molar-refractivity contribution in [2.24, 2.45) is 0 Å². The van der Waals surface area contributed by atoms with E-state index in [1.807, 2.05) is 30.3 Å². The van der Waals surface area contributed by atoms with Crippen molar-refractivity contribution in [3.8, 4) is 17.2 Å². The molecular formula is C20H17BrO5S. The zero-order valence-corrected chi connectivity index (χ0v) is 16.9. The fraction of sp³-hybridized carbons (Fsp3) is 0.100. The molecule has 0 N–H and O–H groups in total. The minimum Gasteiger partial charge on any atom is -0.495 e. The van der Waals surface area contributed by atoms with Gasteiger partial charge in [-0.1, -0.05) is 46.3 Å². The normalized spacial score (nSPS) is 11.0. The van der Waals surface area contributed by atoms with Crippen LogP contribution in [0.4, 0.5) is 0 Å². The van der Waals surface area contributed by atoms with Crippen molar-refractivity contribution < 1.29 is 22.1 Å². The van der Waals surface area contributed by atoms with E-state index in [9.17, 15) is 8.42 Å². The molecule has 0 fully saturated rings. The third-order valence-electron chi connectivity index (χ3n) is 3.67. The second-order valence-corrected chi connectivity index (χ2v) is 8.01. The van der Waals surface area contributed by atoms with Crippen LogP contribution in [0.15, 0.2) is 82.2 Å². The topological polar surface area (TPSA) is 61.8 Å². The van der Waals surface area contributed by atoms with E-state index >= 15 is 0 Å². The van der Waals surface area contributed by atoms with E-state index in [0.717, 1.165) is 5.56 Å². The van der Waals surface area contributed by atoms with Crippen molar-refractivity contribution in [3.63, 3.8) is 0 Å². The highest BCUT2D eigenvalue weighted by molar-refractivity contribution is 9.10. The minimum atomic E-state index is -4.04. The first kappa shape index (κ1) is 19.3. The predicted molar refractivity (Wildman–Crippen MR) is 106 cm³/mol. The minimum absolute atomic E-state index is 0.0521. The van der Waals surface area contributed by atoms with Crippen LogP contribution < -0.4 is 13.7 Å². The maximum atomic E-state index is 12.6. The molecule has 0 saturated carbocycles. The number of hydrogen-bond acceptors (Lipinski definition) is 5.